The lowest BCUT2D eigenvalue weighted by Crippen LogP contribution is -2.37. The van der Waals surface area contributed by atoms with Crippen molar-refractivity contribution in [2.45, 2.75) is 213 Å². The summed E-state index contributed by atoms with van der Waals surface area (Å²) in [4.78, 5) is 25.0. The zero-order valence-electron chi connectivity index (χ0n) is 35.0. The van der Waals surface area contributed by atoms with E-state index in [-0.39, 0.29) is 25.8 Å². The third kappa shape index (κ3) is 40.3. The molecule has 0 bridgehead atoms. The molecule has 310 valence electrons. The van der Waals surface area contributed by atoms with Crippen LogP contribution < -0.4 is 4.89 Å². The molecule has 0 spiro atoms. The Morgan fingerprint density at radius 1 is 0.596 bits per heavy atom. The average Bonchev–Trinajstić information content (AvgIpc) is 3.09. The van der Waals surface area contributed by atoms with Crippen LogP contribution in [0.5, 0.6) is 0 Å². The Morgan fingerprint density at radius 2 is 1.00 bits per heavy atom. The summed E-state index contributed by atoms with van der Waals surface area (Å²) in [6.45, 7) is 4.76. The smallest absolute Gasteiger partial charge is 0.306 e. The van der Waals surface area contributed by atoms with E-state index in [1.807, 2.05) is 27.2 Å². The number of nitrogens with zero attached hydrogens (tertiary/aromatic N) is 1. The largest absolute Gasteiger partial charge is 0.756 e. The number of rotatable bonds is 41. The highest BCUT2D eigenvalue weighted by molar-refractivity contribution is 7.45. The van der Waals surface area contributed by atoms with Gasteiger partial charge in [0.25, 0.3) is 7.82 Å². The number of ether oxygens (including phenoxy) is 2. The van der Waals surface area contributed by atoms with E-state index in [0.29, 0.717) is 17.4 Å². The van der Waals surface area contributed by atoms with Gasteiger partial charge in [0, 0.05) is 6.42 Å². The van der Waals surface area contributed by atoms with E-state index in [4.69, 9.17) is 18.5 Å². The minimum Gasteiger partial charge on any atom is -0.756 e. The highest BCUT2D eigenvalue weighted by Gasteiger charge is 2.20. The fourth-order valence-corrected chi connectivity index (χ4v) is 6.95. The lowest BCUT2D eigenvalue weighted by atomic mass is 10.0. The normalized spacial score (nSPS) is 13.8. The summed E-state index contributed by atoms with van der Waals surface area (Å²) in [5, 5.41) is 0. The minimum atomic E-state index is -4.53. The Balaban J connectivity index is 4.25. The van der Waals surface area contributed by atoms with Crippen LogP contribution in [0.1, 0.15) is 206 Å². The number of hydrogen-bond acceptors (Lipinski definition) is 7. The molecular formula is C43H86NO7P. The zero-order valence-corrected chi connectivity index (χ0v) is 35.9. The third-order valence-corrected chi connectivity index (χ3v) is 10.6. The fraction of sp³-hybridized carbons (Fsp3) is 0.930. The quantitative estimate of drug-likeness (QED) is 0.0201. The zero-order chi connectivity index (χ0) is 38.4. The van der Waals surface area contributed by atoms with E-state index >= 15 is 0 Å². The van der Waals surface area contributed by atoms with Crippen LogP contribution in [0.25, 0.3) is 0 Å². The van der Waals surface area contributed by atoms with Gasteiger partial charge in [-0.3, -0.25) is 9.36 Å². The van der Waals surface area contributed by atoms with Gasteiger partial charge in [-0.2, -0.15) is 0 Å². The van der Waals surface area contributed by atoms with Crippen molar-refractivity contribution in [3.63, 3.8) is 0 Å². The first-order valence-electron chi connectivity index (χ1n) is 22.0. The summed E-state index contributed by atoms with van der Waals surface area (Å²) >= 11 is 0. The Bertz CT molecular complexity index is 848. The lowest BCUT2D eigenvalue weighted by Gasteiger charge is -2.28. The second-order valence-corrected chi connectivity index (χ2v) is 17.5. The molecule has 1 unspecified atom stereocenters. The SMILES string of the molecule is CCCCCCCCCCCCCCCC/C=C/OC[C@H](COP(=O)([O-])OCC[N+](C)(C)C)OC(=O)CCCCCCCCCCCCCCCC. The van der Waals surface area contributed by atoms with Crippen molar-refractivity contribution in [2.24, 2.45) is 0 Å². The standard InChI is InChI=1S/C43H86NO7P/c1-6-8-10-12-14-16-18-20-22-23-25-27-29-31-33-35-38-48-40-42(41-50-52(46,47)49-39-37-44(3,4)5)51-43(45)36-34-32-30-28-26-24-21-19-17-15-13-11-9-7-2/h35,38,42H,6-34,36-37,39-41H2,1-5H3/b38-35+/t42-/m1/s1. The van der Waals surface area contributed by atoms with Gasteiger partial charge < -0.3 is 27.9 Å². The predicted octanol–water partition coefficient (Wildman–Crippen LogP) is 12.4. The van der Waals surface area contributed by atoms with Crippen LogP contribution in [-0.4, -0.2) is 64.1 Å². The monoisotopic (exact) mass is 760 g/mol. The lowest BCUT2D eigenvalue weighted by molar-refractivity contribution is -0.870. The molecule has 0 aliphatic carbocycles. The molecule has 8 nitrogen and oxygen atoms in total. The van der Waals surface area contributed by atoms with E-state index in [9.17, 15) is 14.3 Å². The molecule has 0 rings (SSSR count). The molecule has 0 aromatic heterocycles. The van der Waals surface area contributed by atoms with Crippen molar-refractivity contribution in [3.05, 3.63) is 12.3 Å². The second-order valence-electron chi connectivity index (χ2n) is 16.1. The van der Waals surface area contributed by atoms with Gasteiger partial charge in [0.05, 0.1) is 34.0 Å². The number of carbonyl (C=O) groups excluding carboxylic acids is 1. The van der Waals surface area contributed by atoms with Gasteiger partial charge in [-0.25, -0.2) is 0 Å². The van der Waals surface area contributed by atoms with E-state index < -0.39 is 13.9 Å². The summed E-state index contributed by atoms with van der Waals surface area (Å²) in [5.41, 5.74) is 0. The first kappa shape index (κ1) is 51.1. The van der Waals surface area contributed by atoms with Crippen LogP contribution in [-0.2, 0) is 27.9 Å². The van der Waals surface area contributed by atoms with E-state index in [1.54, 1.807) is 6.26 Å². The Labute approximate surface area is 322 Å². The molecular weight excluding hydrogens is 673 g/mol. The molecule has 0 N–H and O–H groups in total. The molecule has 0 aliphatic rings. The summed E-state index contributed by atoms with van der Waals surface area (Å²) in [6, 6.07) is 0. The molecule has 0 aliphatic heterocycles. The van der Waals surface area contributed by atoms with Gasteiger partial charge in [-0.05, 0) is 25.3 Å². The molecule has 2 atom stereocenters. The van der Waals surface area contributed by atoms with E-state index in [1.165, 1.54) is 154 Å². The molecule has 0 aromatic rings. The maximum Gasteiger partial charge on any atom is 0.306 e. The average molecular weight is 760 g/mol. The third-order valence-electron chi connectivity index (χ3n) is 9.66. The van der Waals surface area contributed by atoms with Crippen LogP contribution >= 0.6 is 7.82 Å². The summed E-state index contributed by atoms with van der Waals surface area (Å²) in [5.74, 6) is -0.353. The van der Waals surface area contributed by atoms with Gasteiger partial charge in [-0.15, -0.1) is 0 Å². The van der Waals surface area contributed by atoms with Gasteiger partial charge in [0.2, 0.25) is 0 Å². The molecule has 0 radical (unpaired) electrons. The number of esters is 1. The summed E-state index contributed by atoms with van der Waals surface area (Å²) < 4.78 is 34.3. The van der Waals surface area contributed by atoms with Crippen LogP contribution in [0.2, 0.25) is 0 Å². The predicted molar refractivity (Wildman–Crippen MR) is 217 cm³/mol. The van der Waals surface area contributed by atoms with Crippen LogP contribution in [0, 0.1) is 0 Å². The number of quaternary nitrogens is 1. The maximum atomic E-state index is 12.6. The van der Waals surface area contributed by atoms with E-state index in [2.05, 4.69) is 13.8 Å². The van der Waals surface area contributed by atoms with Gasteiger partial charge in [-0.1, -0.05) is 181 Å². The number of allylic oxidation sites excluding steroid dienone is 1. The fourth-order valence-electron chi connectivity index (χ4n) is 6.22. The van der Waals surface area contributed by atoms with Crippen LogP contribution in [0.4, 0.5) is 0 Å². The highest BCUT2D eigenvalue weighted by atomic mass is 31.2. The molecule has 0 amide bonds. The molecule has 0 aromatic carbocycles. The summed E-state index contributed by atoms with van der Waals surface area (Å²) in [6.07, 6.45) is 40.2. The number of phosphoric ester groups is 1. The van der Waals surface area contributed by atoms with Crippen LogP contribution in [0.15, 0.2) is 12.3 Å². The van der Waals surface area contributed by atoms with Crippen molar-refractivity contribution in [3.8, 4) is 0 Å². The number of hydrogen-bond donors (Lipinski definition) is 0. The molecule has 52 heavy (non-hydrogen) atoms. The van der Waals surface area contributed by atoms with Crippen molar-refractivity contribution < 1.29 is 37.3 Å². The van der Waals surface area contributed by atoms with Gasteiger partial charge in [0.1, 0.15) is 19.8 Å². The molecule has 0 heterocycles. The second kappa shape index (κ2) is 37.0. The molecule has 0 saturated heterocycles. The Morgan fingerprint density at radius 3 is 1.42 bits per heavy atom. The van der Waals surface area contributed by atoms with Crippen molar-refractivity contribution >= 4 is 13.8 Å². The highest BCUT2D eigenvalue weighted by Crippen LogP contribution is 2.38. The molecule has 0 saturated carbocycles. The summed E-state index contributed by atoms with van der Waals surface area (Å²) in [7, 11) is 1.34. The van der Waals surface area contributed by atoms with Crippen LogP contribution in [0.3, 0.4) is 0 Å². The minimum absolute atomic E-state index is 0.0202. The first-order valence-corrected chi connectivity index (χ1v) is 23.4. The maximum absolute atomic E-state index is 12.6. The van der Waals surface area contributed by atoms with Gasteiger partial charge >= 0.3 is 5.97 Å². The Hall–Kier alpha value is -0.920. The Kier molecular flexibility index (Phi) is 36.4. The number of unbranched alkanes of at least 4 members (excludes halogenated alkanes) is 27. The van der Waals surface area contributed by atoms with Gasteiger partial charge in [0.15, 0.2) is 6.10 Å². The molecule has 9 heteroatoms. The van der Waals surface area contributed by atoms with Crippen molar-refractivity contribution in [1.82, 2.24) is 0 Å². The number of phosphoric acid groups is 1. The number of carbonyl (C=O) groups is 1. The van der Waals surface area contributed by atoms with Crippen molar-refractivity contribution in [1.29, 1.82) is 0 Å². The molecule has 0 fully saturated rings. The number of likely N-dealkylation sites (N-methyl/N-ethyl adjacent to an activating group) is 1. The first-order chi connectivity index (χ1) is 25.1. The van der Waals surface area contributed by atoms with Crippen molar-refractivity contribution in [2.75, 3.05) is 47.5 Å². The topological polar surface area (TPSA) is 94.1 Å². The van der Waals surface area contributed by atoms with E-state index in [0.717, 1.165) is 32.1 Å².